The predicted octanol–water partition coefficient (Wildman–Crippen LogP) is 1.97. The van der Waals surface area contributed by atoms with Crippen molar-refractivity contribution in [2.45, 2.75) is 26.7 Å². The lowest BCUT2D eigenvalue weighted by atomic mass is 10.2. The second-order valence-electron chi connectivity index (χ2n) is 3.07. The quantitative estimate of drug-likeness (QED) is 0.800. The van der Waals surface area contributed by atoms with Gasteiger partial charge in [0.1, 0.15) is 0 Å². The van der Waals surface area contributed by atoms with E-state index in [0.29, 0.717) is 11.3 Å². The van der Waals surface area contributed by atoms with Crippen molar-refractivity contribution in [3.05, 3.63) is 15.6 Å². The maximum atomic E-state index is 11.4. The lowest BCUT2D eigenvalue weighted by Gasteiger charge is -1.95. The van der Waals surface area contributed by atoms with Crippen LogP contribution in [0.1, 0.15) is 45.4 Å². The summed E-state index contributed by atoms with van der Waals surface area (Å²) < 4.78 is 4.77. The highest BCUT2D eigenvalue weighted by Gasteiger charge is 2.21. The second kappa shape index (κ2) is 5.60. The van der Waals surface area contributed by atoms with Gasteiger partial charge in [-0.25, -0.2) is 14.6 Å². The fourth-order valence-electron chi connectivity index (χ4n) is 1.20. The third kappa shape index (κ3) is 2.79. The Hall–Kier alpha value is -1.43. The lowest BCUT2D eigenvalue weighted by Crippen LogP contribution is -2.05. The molecule has 1 aromatic rings. The Morgan fingerprint density at radius 3 is 2.62 bits per heavy atom. The lowest BCUT2D eigenvalue weighted by molar-refractivity contribution is 0.0526. The summed E-state index contributed by atoms with van der Waals surface area (Å²) in [5.41, 5.74) is -0.0325. The molecule has 0 aromatic carbocycles. The standard InChI is InChI=1S/C10H13NO4S/c1-3-5-6-7(9(12)13)11-8(16-6)10(14)15-4-2/h3-5H2,1-2H3,(H,12,13). The number of nitrogens with zero attached hydrogens (tertiary/aromatic N) is 1. The fourth-order valence-corrected chi connectivity index (χ4v) is 2.24. The van der Waals surface area contributed by atoms with Crippen molar-refractivity contribution in [2.75, 3.05) is 6.61 Å². The topological polar surface area (TPSA) is 76.5 Å². The summed E-state index contributed by atoms with van der Waals surface area (Å²) in [4.78, 5) is 26.7. The molecular weight excluding hydrogens is 230 g/mol. The zero-order chi connectivity index (χ0) is 12.1. The number of thiazole rings is 1. The van der Waals surface area contributed by atoms with Gasteiger partial charge in [0.25, 0.3) is 0 Å². The first-order valence-electron chi connectivity index (χ1n) is 5.00. The van der Waals surface area contributed by atoms with Crippen molar-refractivity contribution in [1.29, 1.82) is 0 Å². The Morgan fingerprint density at radius 1 is 1.44 bits per heavy atom. The van der Waals surface area contributed by atoms with Crippen LogP contribution >= 0.6 is 11.3 Å². The average Bonchev–Trinajstić information content (AvgIpc) is 2.63. The highest BCUT2D eigenvalue weighted by molar-refractivity contribution is 7.13. The maximum Gasteiger partial charge on any atom is 0.367 e. The summed E-state index contributed by atoms with van der Waals surface area (Å²) >= 11 is 1.09. The number of carboxylic acids is 1. The number of hydrogen-bond donors (Lipinski definition) is 1. The number of aromatic carboxylic acids is 1. The third-order valence-electron chi connectivity index (χ3n) is 1.83. The molecule has 0 unspecified atom stereocenters. The van der Waals surface area contributed by atoms with Crippen LogP contribution in [0.4, 0.5) is 0 Å². The van der Waals surface area contributed by atoms with E-state index >= 15 is 0 Å². The Kier molecular flexibility index (Phi) is 4.42. The molecule has 16 heavy (non-hydrogen) atoms. The Bertz CT molecular complexity index is 400. The fraction of sp³-hybridized carbons (Fsp3) is 0.500. The summed E-state index contributed by atoms with van der Waals surface area (Å²) in [6.45, 7) is 3.88. The van der Waals surface area contributed by atoms with E-state index in [1.807, 2.05) is 6.92 Å². The summed E-state index contributed by atoms with van der Waals surface area (Å²) in [5, 5.41) is 9.02. The van der Waals surface area contributed by atoms with Gasteiger partial charge in [-0.05, 0) is 13.3 Å². The zero-order valence-electron chi connectivity index (χ0n) is 9.15. The first-order chi connectivity index (χ1) is 7.60. The molecule has 0 atom stereocenters. The summed E-state index contributed by atoms with van der Waals surface area (Å²) in [5.74, 6) is -1.66. The smallest absolute Gasteiger partial charge is 0.367 e. The van der Waals surface area contributed by atoms with Gasteiger partial charge in [0.05, 0.1) is 6.61 Å². The molecule has 0 aliphatic rings. The van der Waals surface area contributed by atoms with Crippen molar-refractivity contribution < 1.29 is 19.4 Å². The molecule has 0 aliphatic carbocycles. The van der Waals surface area contributed by atoms with Crippen LogP contribution in [0.3, 0.4) is 0 Å². The number of carbonyl (C=O) groups is 2. The molecular formula is C10H13NO4S. The van der Waals surface area contributed by atoms with Crippen molar-refractivity contribution in [3.63, 3.8) is 0 Å². The van der Waals surface area contributed by atoms with E-state index in [0.717, 1.165) is 17.8 Å². The molecule has 0 amide bonds. The van der Waals surface area contributed by atoms with Gasteiger partial charge < -0.3 is 9.84 Å². The monoisotopic (exact) mass is 243 g/mol. The van der Waals surface area contributed by atoms with E-state index < -0.39 is 11.9 Å². The van der Waals surface area contributed by atoms with Crippen molar-refractivity contribution in [3.8, 4) is 0 Å². The number of carbonyl (C=O) groups excluding carboxylic acids is 1. The number of aromatic nitrogens is 1. The van der Waals surface area contributed by atoms with Gasteiger partial charge in [0.15, 0.2) is 5.69 Å². The van der Waals surface area contributed by atoms with E-state index in [1.165, 1.54) is 0 Å². The summed E-state index contributed by atoms with van der Waals surface area (Å²) in [6, 6.07) is 0. The highest BCUT2D eigenvalue weighted by atomic mass is 32.1. The van der Waals surface area contributed by atoms with Crippen LogP contribution in [0.5, 0.6) is 0 Å². The Labute approximate surface area is 97.1 Å². The van der Waals surface area contributed by atoms with Gasteiger partial charge in [-0.2, -0.15) is 0 Å². The van der Waals surface area contributed by atoms with Crippen LogP contribution in [0.15, 0.2) is 0 Å². The second-order valence-corrected chi connectivity index (χ2v) is 4.15. The average molecular weight is 243 g/mol. The van der Waals surface area contributed by atoms with Crippen LogP contribution in [-0.2, 0) is 11.2 Å². The maximum absolute atomic E-state index is 11.4. The van der Waals surface area contributed by atoms with Crippen LogP contribution < -0.4 is 0 Å². The zero-order valence-corrected chi connectivity index (χ0v) is 9.97. The predicted molar refractivity (Wildman–Crippen MR) is 59.0 cm³/mol. The molecule has 6 heteroatoms. The molecule has 0 bridgehead atoms. The number of hydrogen-bond acceptors (Lipinski definition) is 5. The summed E-state index contributed by atoms with van der Waals surface area (Å²) in [6.07, 6.45) is 1.42. The van der Waals surface area contributed by atoms with E-state index in [9.17, 15) is 9.59 Å². The molecule has 1 aromatic heterocycles. The molecule has 1 rings (SSSR count). The normalized spacial score (nSPS) is 10.1. The van der Waals surface area contributed by atoms with Crippen LogP contribution in [-0.4, -0.2) is 28.6 Å². The van der Waals surface area contributed by atoms with Gasteiger partial charge in [0.2, 0.25) is 5.01 Å². The van der Waals surface area contributed by atoms with Crippen LogP contribution in [0.2, 0.25) is 0 Å². The van der Waals surface area contributed by atoms with Gasteiger partial charge in [-0.3, -0.25) is 0 Å². The van der Waals surface area contributed by atoms with E-state index in [1.54, 1.807) is 6.92 Å². The molecule has 5 nitrogen and oxygen atoms in total. The molecule has 0 spiro atoms. The van der Waals surface area contributed by atoms with E-state index in [-0.39, 0.29) is 17.3 Å². The Morgan fingerprint density at radius 2 is 2.12 bits per heavy atom. The SMILES string of the molecule is CCCc1sc(C(=O)OCC)nc1C(=O)O. The minimum atomic E-state index is -1.10. The van der Waals surface area contributed by atoms with E-state index in [2.05, 4.69) is 4.98 Å². The van der Waals surface area contributed by atoms with Crippen LogP contribution in [0, 0.1) is 0 Å². The number of aryl methyl sites for hydroxylation is 1. The molecule has 88 valence electrons. The summed E-state index contributed by atoms with van der Waals surface area (Å²) in [7, 11) is 0. The molecule has 0 saturated heterocycles. The number of carboxylic acid groups (broad SMARTS) is 1. The number of ether oxygens (including phenoxy) is 1. The largest absolute Gasteiger partial charge is 0.476 e. The molecule has 1 N–H and O–H groups in total. The molecule has 1 heterocycles. The van der Waals surface area contributed by atoms with Crippen molar-refractivity contribution >= 4 is 23.3 Å². The first kappa shape index (κ1) is 12.6. The van der Waals surface area contributed by atoms with Crippen LogP contribution in [0.25, 0.3) is 0 Å². The number of esters is 1. The van der Waals surface area contributed by atoms with Gasteiger partial charge in [-0.15, -0.1) is 11.3 Å². The minimum Gasteiger partial charge on any atom is -0.476 e. The molecule has 0 aliphatic heterocycles. The molecule has 0 radical (unpaired) electrons. The third-order valence-corrected chi connectivity index (χ3v) is 2.92. The van der Waals surface area contributed by atoms with Gasteiger partial charge in [0, 0.05) is 4.88 Å². The molecule has 0 fully saturated rings. The highest BCUT2D eigenvalue weighted by Crippen LogP contribution is 2.21. The molecule has 0 saturated carbocycles. The first-order valence-corrected chi connectivity index (χ1v) is 5.81. The van der Waals surface area contributed by atoms with Crippen molar-refractivity contribution in [1.82, 2.24) is 4.98 Å². The number of rotatable bonds is 5. The van der Waals surface area contributed by atoms with Gasteiger partial charge in [-0.1, -0.05) is 13.3 Å². The minimum absolute atomic E-state index is 0.0325. The van der Waals surface area contributed by atoms with Gasteiger partial charge >= 0.3 is 11.9 Å². The Balaban J connectivity index is 3.00. The van der Waals surface area contributed by atoms with E-state index in [4.69, 9.17) is 9.84 Å². The van der Waals surface area contributed by atoms with Crippen molar-refractivity contribution in [2.24, 2.45) is 0 Å².